The Morgan fingerprint density at radius 1 is 1.25 bits per heavy atom. The molecule has 0 atom stereocenters. The Hall–Kier alpha value is -2.17. The van der Waals surface area contributed by atoms with E-state index in [2.05, 4.69) is 5.32 Å². The van der Waals surface area contributed by atoms with E-state index in [0.29, 0.717) is 18.5 Å². The molecule has 0 aromatic heterocycles. The Labute approximate surface area is 118 Å². The number of hydrogen-bond donors (Lipinski definition) is 1. The van der Waals surface area contributed by atoms with Crippen LogP contribution in [0.5, 0.6) is 0 Å². The zero-order valence-electron chi connectivity index (χ0n) is 11.7. The maximum absolute atomic E-state index is 12.1. The van der Waals surface area contributed by atoms with E-state index < -0.39 is 5.54 Å². The van der Waals surface area contributed by atoms with Crippen LogP contribution in [-0.2, 0) is 9.59 Å². The fraction of sp³-hybridized carbons (Fsp3) is 0.400. The molecule has 0 unspecified atom stereocenters. The van der Waals surface area contributed by atoms with E-state index in [1.54, 1.807) is 38.1 Å². The second kappa shape index (κ2) is 5.45. The molecule has 0 radical (unpaired) electrons. The number of rotatable bonds is 3. The van der Waals surface area contributed by atoms with Crippen molar-refractivity contribution in [2.75, 3.05) is 13.1 Å². The number of Topliss-reactive ketones (excluding diaryl/α,β-unsaturated/α-hetero) is 1. The summed E-state index contributed by atoms with van der Waals surface area (Å²) in [5, 5.41) is 2.59. The Bertz CT molecular complexity index is 537. The monoisotopic (exact) mass is 274 g/mol. The summed E-state index contributed by atoms with van der Waals surface area (Å²) in [6, 6.07) is 8.71. The lowest BCUT2D eigenvalue weighted by Crippen LogP contribution is -2.49. The molecule has 2 rings (SSSR count). The molecule has 0 aliphatic carbocycles. The highest BCUT2D eigenvalue weighted by atomic mass is 16.2. The molecular formula is C15H18N2O3. The topological polar surface area (TPSA) is 66.5 Å². The summed E-state index contributed by atoms with van der Waals surface area (Å²) in [6.07, 6.45) is 0.380. The first-order chi connectivity index (χ1) is 9.43. The first-order valence-electron chi connectivity index (χ1n) is 6.60. The minimum Gasteiger partial charge on any atom is -0.343 e. The molecule has 1 heterocycles. The van der Waals surface area contributed by atoms with E-state index in [-0.39, 0.29) is 24.1 Å². The van der Waals surface area contributed by atoms with Gasteiger partial charge in [-0.05, 0) is 26.0 Å². The van der Waals surface area contributed by atoms with Crippen LogP contribution in [0.4, 0.5) is 0 Å². The van der Waals surface area contributed by atoms with Crippen LogP contribution in [0.15, 0.2) is 30.3 Å². The van der Waals surface area contributed by atoms with Crippen molar-refractivity contribution in [3.8, 4) is 0 Å². The van der Waals surface area contributed by atoms with E-state index in [1.807, 2.05) is 6.07 Å². The van der Waals surface area contributed by atoms with E-state index in [4.69, 9.17) is 0 Å². The molecule has 0 saturated carbocycles. The van der Waals surface area contributed by atoms with Gasteiger partial charge in [0.05, 0.1) is 12.1 Å². The molecule has 2 amide bonds. The van der Waals surface area contributed by atoms with Gasteiger partial charge in [-0.25, -0.2) is 0 Å². The number of carbonyl (C=O) groups excluding carboxylic acids is 3. The van der Waals surface area contributed by atoms with Gasteiger partial charge in [0.15, 0.2) is 5.78 Å². The van der Waals surface area contributed by atoms with Gasteiger partial charge in [-0.15, -0.1) is 0 Å². The maximum atomic E-state index is 12.1. The highest BCUT2D eigenvalue weighted by Crippen LogP contribution is 2.24. The average Bonchev–Trinajstić information content (AvgIpc) is 2.71. The number of nitrogens with zero attached hydrogens (tertiary/aromatic N) is 1. The summed E-state index contributed by atoms with van der Waals surface area (Å²) in [5.74, 6) is -0.465. The van der Waals surface area contributed by atoms with Gasteiger partial charge in [-0.3, -0.25) is 14.4 Å². The Morgan fingerprint density at radius 2 is 1.90 bits per heavy atom. The van der Waals surface area contributed by atoms with Crippen LogP contribution in [0.25, 0.3) is 0 Å². The molecule has 1 aliphatic rings. The lowest BCUT2D eigenvalue weighted by molar-refractivity contribution is -0.137. The fourth-order valence-electron chi connectivity index (χ4n) is 2.33. The third-order valence-corrected chi connectivity index (χ3v) is 3.66. The molecule has 1 N–H and O–H groups in total. The van der Waals surface area contributed by atoms with Gasteiger partial charge < -0.3 is 10.2 Å². The minimum absolute atomic E-state index is 0.0558. The second-order valence-electron chi connectivity index (χ2n) is 5.33. The number of likely N-dealkylation sites (tertiary alicyclic amines) is 1. The molecule has 20 heavy (non-hydrogen) atoms. The highest BCUT2D eigenvalue weighted by Gasteiger charge is 2.42. The molecule has 1 fully saturated rings. The smallest absolute Gasteiger partial charge is 0.251 e. The van der Waals surface area contributed by atoms with Crippen LogP contribution < -0.4 is 5.32 Å². The van der Waals surface area contributed by atoms with Crippen molar-refractivity contribution < 1.29 is 14.4 Å². The van der Waals surface area contributed by atoms with Crippen molar-refractivity contribution in [2.24, 2.45) is 0 Å². The summed E-state index contributed by atoms with van der Waals surface area (Å²) in [6.45, 7) is 3.80. The highest BCUT2D eigenvalue weighted by molar-refractivity contribution is 5.99. The van der Waals surface area contributed by atoms with Crippen molar-refractivity contribution in [3.63, 3.8) is 0 Å². The first kappa shape index (κ1) is 14.2. The zero-order valence-corrected chi connectivity index (χ0v) is 11.7. The second-order valence-corrected chi connectivity index (χ2v) is 5.33. The SMILES string of the molecule is CC1(C)C(=O)CCN1C(=O)CNC(=O)c1ccccc1. The van der Waals surface area contributed by atoms with Gasteiger partial charge in [0.25, 0.3) is 5.91 Å². The fourth-order valence-corrected chi connectivity index (χ4v) is 2.33. The van der Waals surface area contributed by atoms with E-state index in [0.717, 1.165) is 0 Å². The van der Waals surface area contributed by atoms with Crippen LogP contribution in [0.1, 0.15) is 30.6 Å². The third-order valence-electron chi connectivity index (χ3n) is 3.66. The molecule has 0 spiro atoms. The van der Waals surface area contributed by atoms with Crippen molar-refractivity contribution in [1.82, 2.24) is 10.2 Å². The summed E-state index contributed by atoms with van der Waals surface area (Å²) < 4.78 is 0. The summed E-state index contributed by atoms with van der Waals surface area (Å²) in [5.41, 5.74) is -0.258. The number of hydrogen-bond acceptors (Lipinski definition) is 3. The average molecular weight is 274 g/mol. The Morgan fingerprint density at radius 3 is 2.45 bits per heavy atom. The van der Waals surface area contributed by atoms with Gasteiger partial charge in [-0.2, -0.15) is 0 Å². The van der Waals surface area contributed by atoms with Crippen LogP contribution in [0.3, 0.4) is 0 Å². The number of carbonyl (C=O) groups is 3. The standard InChI is InChI=1S/C15H18N2O3/c1-15(2)12(18)8-9-17(15)13(19)10-16-14(20)11-6-4-3-5-7-11/h3-7H,8-10H2,1-2H3,(H,16,20). The summed E-state index contributed by atoms with van der Waals surface area (Å²) in [7, 11) is 0. The molecule has 1 saturated heterocycles. The van der Waals surface area contributed by atoms with Gasteiger partial charge in [-0.1, -0.05) is 18.2 Å². The van der Waals surface area contributed by atoms with E-state index in [9.17, 15) is 14.4 Å². The normalized spacial score (nSPS) is 17.1. The summed E-state index contributed by atoms with van der Waals surface area (Å²) in [4.78, 5) is 37.2. The van der Waals surface area contributed by atoms with Crippen molar-refractivity contribution in [1.29, 1.82) is 0 Å². The zero-order chi connectivity index (χ0) is 14.8. The number of ketones is 1. The quantitative estimate of drug-likeness (QED) is 0.894. The van der Waals surface area contributed by atoms with Crippen LogP contribution in [-0.4, -0.2) is 41.1 Å². The van der Waals surface area contributed by atoms with Gasteiger partial charge in [0.2, 0.25) is 5.91 Å². The largest absolute Gasteiger partial charge is 0.343 e. The van der Waals surface area contributed by atoms with Crippen molar-refractivity contribution >= 4 is 17.6 Å². The summed E-state index contributed by atoms with van der Waals surface area (Å²) >= 11 is 0. The predicted octanol–water partition coefficient (Wildman–Crippen LogP) is 0.996. The van der Waals surface area contributed by atoms with Gasteiger partial charge in [0.1, 0.15) is 0 Å². The van der Waals surface area contributed by atoms with Crippen molar-refractivity contribution in [2.45, 2.75) is 25.8 Å². The lowest BCUT2D eigenvalue weighted by Gasteiger charge is -2.30. The molecule has 5 nitrogen and oxygen atoms in total. The van der Waals surface area contributed by atoms with Crippen LogP contribution in [0.2, 0.25) is 0 Å². The molecule has 1 aliphatic heterocycles. The van der Waals surface area contributed by atoms with Crippen molar-refractivity contribution in [3.05, 3.63) is 35.9 Å². The van der Waals surface area contributed by atoms with E-state index >= 15 is 0 Å². The molecule has 0 bridgehead atoms. The third kappa shape index (κ3) is 2.71. The molecule has 5 heteroatoms. The molecular weight excluding hydrogens is 256 g/mol. The van der Waals surface area contributed by atoms with Crippen LogP contribution in [0, 0.1) is 0 Å². The predicted molar refractivity (Wildman–Crippen MR) is 74.2 cm³/mol. The van der Waals surface area contributed by atoms with Crippen LogP contribution >= 0.6 is 0 Å². The molecule has 1 aromatic rings. The number of benzene rings is 1. The maximum Gasteiger partial charge on any atom is 0.251 e. The minimum atomic E-state index is -0.769. The number of amides is 2. The first-order valence-corrected chi connectivity index (χ1v) is 6.60. The number of nitrogens with one attached hydrogen (secondary N) is 1. The Kier molecular flexibility index (Phi) is 3.88. The van der Waals surface area contributed by atoms with Gasteiger partial charge >= 0.3 is 0 Å². The lowest BCUT2D eigenvalue weighted by atomic mass is 10.0. The Balaban J connectivity index is 1.93. The van der Waals surface area contributed by atoms with E-state index in [1.165, 1.54) is 4.90 Å². The molecule has 106 valence electrons. The van der Waals surface area contributed by atoms with Gasteiger partial charge in [0, 0.05) is 18.5 Å². The molecule has 1 aromatic carbocycles.